The third-order valence-corrected chi connectivity index (χ3v) is 2.41. The molecule has 0 aromatic heterocycles. The van der Waals surface area contributed by atoms with Crippen LogP contribution in [0.15, 0.2) is 40.3 Å². The molecule has 1 radical (unpaired) electrons. The second-order valence-corrected chi connectivity index (χ2v) is 3.56. The largest absolute Gasteiger partial charge is 0.386 e. The Balaban J connectivity index is 2.36. The van der Waals surface area contributed by atoms with E-state index in [0.29, 0.717) is 11.5 Å². The van der Waals surface area contributed by atoms with Gasteiger partial charge in [-0.15, -0.1) is 0 Å². The van der Waals surface area contributed by atoms with E-state index in [-0.39, 0.29) is 17.3 Å². The van der Waals surface area contributed by atoms with Crippen molar-refractivity contribution in [2.75, 3.05) is 0 Å². The number of nitrogens with zero attached hydrogens (tertiary/aromatic N) is 2. The Labute approximate surface area is 98.1 Å². The lowest BCUT2D eigenvalue weighted by Crippen LogP contribution is -2.35. The van der Waals surface area contributed by atoms with E-state index in [2.05, 4.69) is 9.98 Å². The van der Waals surface area contributed by atoms with Gasteiger partial charge in [-0.25, -0.2) is 4.79 Å². The number of nitrogens with two attached hydrogens (primary N) is 1. The topological polar surface area (TPSA) is 84.9 Å². The standard InChI is InChI=1S/C12H10N3O2/c1-7-9(14-12(17)15-11(7)13)10(16)8-5-3-2-4-6-8/h2-6H,1H3,(H2,13,15,17). The summed E-state index contributed by atoms with van der Waals surface area (Å²) in [4.78, 5) is 30.3. The maximum absolute atomic E-state index is 12.1. The fourth-order valence-electron chi connectivity index (χ4n) is 1.46. The average Bonchev–Trinajstić information content (AvgIpc) is 2.34. The lowest BCUT2D eigenvalue weighted by molar-refractivity contribution is 0.106. The van der Waals surface area contributed by atoms with E-state index in [9.17, 15) is 9.59 Å². The minimum absolute atomic E-state index is 0.0456. The van der Waals surface area contributed by atoms with E-state index < -0.39 is 6.03 Å². The second-order valence-electron chi connectivity index (χ2n) is 3.56. The molecule has 0 unspecified atom stereocenters. The van der Waals surface area contributed by atoms with Gasteiger partial charge in [0.2, 0.25) is 5.78 Å². The van der Waals surface area contributed by atoms with E-state index in [1.807, 2.05) is 0 Å². The maximum Gasteiger partial charge on any atom is 0.369 e. The van der Waals surface area contributed by atoms with Crippen LogP contribution in [-0.4, -0.2) is 23.4 Å². The summed E-state index contributed by atoms with van der Waals surface area (Å²) in [6, 6.07) is 7.86. The van der Waals surface area contributed by atoms with Gasteiger partial charge in [0.05, 0.1) is 5.92 Å². The Morgan fingerprint density at radius 3 is 2.47 bits per heavy atom. The molecule has 0 atom stereocenters. The normalized spacial score (nSPS) is 16.4. The number of hydrogen-bond acceptors (Lipinski definition) is 3. The van der Waals surface area contributed by atoms with Crippen LogP contribution in [0.3, 0.4) is 0 Å². The number of carbonyl (C=O) groups is 2. The number of amidine groups is 1. The second kappa shape index (κ2) is 4.29. The number of aliphatic imine (C=N–C) groups is 2. The number of ketones is 1. The van der Waals surface area contributed by atoms with Crippen molar-refractivity contribution < 1.29 is 9.59 Å². The van der Waals surface area contributed by atoms with Crippen LogP contribution in [0.5, 0.6) is 0 Å². The highest BCUT2D eigenvalue weighted by atomic mass is 16.2. The predicted molar refractivity (Wildman–Crippen MR) is 64.1 cm³/mol. The van der Waals surface area contributed by atoms with E-state index in [1.54, 1.807) is 37.3 Å². The Morgan fingerprint density at radius 2 is 1.82 bits per heavy atom. The molecule has 2 rings (SSSR count). The molecule has 1 aromatic carbocycles. The molecule has 1 aliphatic rings. The van der Waals surface area contributed by atoms with Gasteiger partial charge in [0.15, 0.2) is 0 Å². The van der Waals surface area contributed by atoms with E-state index >= 15 is 0 Å². The zero-order valence-corrected chi connectivity index (χ0v) is 9.18. The Hall–Kier alpha value is -2.30. The van der Waals surface area contributed by atoms with Crippen LogP contribution >= 0.6 is 0 Å². The van der Waals surface area contributed by atoms with E-state index in [4.69, 9.17) is 5.73 Å². The van der Waals surface area contributed by atoms with Crippen LogP contribution in [0.4, 0.5) is 4.79 Å². The number of benzene rings is 1. The van der Waals surface area contributed by atoms with Crippen molar-refractivity contribution in [1.82, 2.24) is 0 Å². The first-order valence-electron chi connectivity index (χ1n) is 5.00. The summed E-state index contributed by atoms with van der Waals surface area (Å²) in [6.45, 7) is 1.62. The highest BCUT2D eigenvalue weighted by Gasteiger charge is 2.28. The van der Waals surface area contributed by atoms with Gasteiger partial charge in [-0.05, 0) is 6.92 Å². The fourth-order valence-corrected chi connectivity index (χ4v) is 1.46. The summed E-state index contributed by atoms with van der Waals surface area (Å²) < 4.78 is 0. The molecule has 5 heteroatoms. The molecule has 2 N–H and O–H groups in total. The van der Waals surface area contributed by atoms with Crippen LogP contribution in [0, 0.1) is 5.92 Å². The summed E-state index contributed by atoms with van der Waals surface area (Å²) in [6.07, 6.45) is 0. The van der Waals surface area contributed by atoms with Gasteiger partial charge in [-0.1, -0.05) is 30.3 Å². The van der Waals surface area contributed by atoms with Gasteiger partial charge < -0.3 is 5.73 Å². The summed E-state index contributed by atoms with van der Waals surface area (Å²) >= 11 is 0. The molecule has 1 aliphatic heterocycles. The number of urea groups is 1. The Morgan fingerprint density at radius 1 is 1.18 bits per heavy atom. The quantitative estimate of drug-likeness (QED) is 0.776. The van der Waals surface area contributed by atoms with Crippen molar-refractivity contribution in [1.29, 1.82) is 0 Å². The number of hydrogen-bond donors (Lipinski definition) is 1. The Kier molecular flexibility index (Phi) is 2.82. The first kappa shape index (κ1) is 11.2. The van der Waals surface area contributed by atoms with Gasteiger partial charge in [0.1, 0.15) is 11.5 Å². The molecule has 0 saturated carbocycles. The van der Waals surface area contributed by atoms with Crippen LogP contribution < -0.4 is 5.73 Å². The lowest BCUT2D eigenvalue weighted by Gasteiger charge is -2.15. The number of amides is 2. The summed E-state index contributed by atoms with van der Waals surface area (Å²) in [5.41, 5.74) is 6.06. The van der Waals surface area contributed by atoms with Gasteiger partial charge in [0.25, 0.3) is 0 Å². The third-order valence-electron chi connectivity index (χ3n) is 2.41. The molecule has 85 valence electrons. The van der Waals surface area contributed by atoms with Crippen LogP contribution in [0.1, 0.15) is 17.3 Å². The zero-order chi connectivity index (χ0) is 12.4. The highest BCUT2D eigenvalue weighted by Crippen LogP contribution is 2.14. The molecule has 5 nitrogen and oxygen atoms in total. The van der Waals surface area contributed by atoms with Crippen molar-refractivity contribution in [2.45, 2.75) is 6.92 Å². The van der Waals surface area contributed by atoms with Crippen molar-refractivity contribution in [2.24, 2.45) is 15.7 Å². The molecule has 0 aliphatic carbocycles. The lowest BCUT2D eigenvalue weighted by atomic mass is 9.95. The molecule has 0 spiro atoms. The average molecular weight is 228 g/mol. The molecule has 1 aromatic rings. The monoisotopic (exact) mass is 228 g/mol. The van der Waals surface area contributed by atoms with Crippen molar-refractivity contribution in [3.63, 3.8) is 0 Å². The summed E-state index contributed by atoms with van der Waals surface area (Å²) in [5.74, 6) is 0.150. The minimum Gasteiger partial charge on any atom is -0.386 e. The maximum atomic E-state index is 12.1. The fraction of sp³-hybridized carbons (Fsp3) is 0.0833. The minimum atomic E-state index is -0.743. The first-order valence-corrected chi connectivity index (χ1v) is 5.00. The van der Waals surface area contributed by atoms with Gasteiger partial charge >= 0.3 is 6.03 Å². The molecule has 0 bridgehead atoms. The van der Waals surface area contributed by atoms with Crippen molar-refractivity contribution in [3.8, 4) is 0 Å². The summed E-state index contributed by atoms with van der Waals surface area (Å²) in [7, 11) is 0. The van der Waals surface area contributed by atoms with Crippen LogP contribution in [0.2, 0.25) is 0 Å². The zero-order valence-electron chi connectivity index (χ0n) is 9.18. The molecule has 0 fully saturated rings. The number of rotatable bonds is 2. The molecule has 17 heavy (non-hydrogen) atoms. The van der Waals surface area contributed by atoms with Crippen molar-refractivity contribution in [3.05, 3.63) is 41.8 Å². The first-order chi connectivity index (χ1) is 8.09. The molecule has 0 saturated heterocycles. The van der Waals surface area contributed by atoms with Gasteiger partial charge in [0, 0.05) is 5.56 Å². The molecule has 1 heterocycles. The van der Waals surface area contributed by atoms with Crippen LogP contribution in [-0.2, 0) is 0 Å². The third kappa shape index (κ3) is 2.13. The Bertz CT molecular complexity index is 532. The SMILES string of the molecule is C[C]1C(N)=NC(=O)N=C1C(=O)c1ccccc1. The number of carbonyl (C=O) groups excluding carboxylic acids is 2. The molecular formula is C12H10N3O2. The van der Waals surface area contributed by atoms with Gasteiger partial charge in [-0.3, -0.25) is 4.79 Å². The highest BCUT2D eigenvalue weighted by molar-refractivity contribution is 6.56. The predicted octanol–water partition coefficient (Wildman–Crippen LogP) is 1.40. The van der Waals surface area contributed by atoms with Crippen LogP contribution in [0.25, 0.3) is 0 Å². The van der Waals surface area contributed by atoms with E-state index in [1.165, 1.54) is 0 Å². The number of Topliss-reactive ketones (excluding diaryl/α,β-unsaturated/α-hetero) is 1. The molecular weight excluding hydrogens is 218 g/mol. The van der Waals surface area contributed by atoms with E-state index in [0.717, 1.165) is 0 Å². The van der Waals surface area contributed by atoms with Crippen molar-refractivity contribution >= 4 is 23.4 Å². The van der Waals surface area contributed by atoms with Gasteiger partial charge in [-0.2, -0.15) is 9.98 Å². The molecule has 2 amide bonds. The summed E-state index contributed by atoms with van der Waals surface area (Å²) in [5, 5.41) is 0. The smallest absolute Gasteiger partial charge is 0.369 e.